The van der Waals surface area contributed by atoms with Crippen LogP contribution in [0.15, 0.2) is 71.9 Å². The van der Waals surface area contributed by atoms with Crippen molar-refractivity contribution in [2.75, 3.05) is 6.54 Å². The number of benzene rings is 2. The summed E-state index contributed by atoms with van der Waals surface area (Å²) in [7, 11) is 0. The molecule has 2 heterocycles. The van der Waals surface area contributed by atoms with Gasteiger partial charge in [0, 0.05) is 41.8 Å². The van der Waals surface area contributed by atoms with Crippen molar-refractivity contribution in [2.24, 2.45) is 0 Å². The third-order valence-electron chi connectivity index (χ3n) is 4.72. The van der Waals surface area contributed by atoms with Crippen molar-refractivity contribution >= 4 is 16.8 Å². The van der Waals surface area contributed by atoms with Gasteiger partial charge in [-0.25, -0.2) is 9.37 Å². The van der Waals surface area contributed by atoms with Gasteiger partial charge < -0.3 is 10.3 Å². The van der Waals surface area contributed by atoms with Gasteiger partial charge in [0.15, 0.2) is 0 Å². The van der Waals surface area contributed by atoms with Gasteiger partial charge in [0.2, 0.25) is 5.91 Å². The molecular weight excluding hydrogens is 371 g/mol. The summed E-state index contributed by atoms with van der Waals surface area (Å²) in [6.45, 7) is 0.633. The number of aromatic amines is 1. The smallest absolute Gasteiger partial charge is 0.253 e. The number of H-pyrrole nitrogens is 1. The van der Waals surface area contributed by atoms with Crippen molar-refractivity contribution in [1.29, 1.82) is 0 Å². The summed E-state index contributed by atoms with van der Waals surface area (Å²) in [5.41, 5.74) is 2.84. The molecule has 29 heavy (non-hydrogen) atoms. The van der Waals surface area contributed by atoms with Crippen LogP contribution in [0.2, 0.25) is 0 Å². The van der Waals surface area contributed by atoms with Crippen molar-refractivity contribution in [3.8, 4) is 11.3 Å². The van der Waals surface area contributed by atoms with Gasteiger partial charge in [0.25, 0.3) is 5.56 Å². The van der Waals surface area contributed by atoms with E-state index in [1.807, 2.05) is 30.5 Å². The summed E-state index contributed by atoms with van der Waals surface area (Å²) in [4.78, 5) is 31.9. The molecule has 0 aliphatic heterocycles. The fourth-order valence-electron chi connectivity index (χ4n) is 3.20. The van der Waals surface area contributed by atoms with Crippen LogP contribution < -0.4 is 10.9 Å². The van der Waals surface area contributed by atoms with E-state index < -0.39 is 0 Å². The first-order valence-corrected chi connectivity index (χ1v) is 9.24. The molecule has 0 fully saturated rings. The number of para-hydroxylation sites is 1. The molecule has 0 unspecified atom stereocenters. The minimum atomic E-state index is -0.342. The predicted octanol–water partition coefficient (Wildman–Crippen LogP) is 2.89. The second kappa shape index (κ2) is 8.10. The van der Waals surface area contributed by atoms with Crippen LogP contribution in [0, 0.1) is 5.82 Å². The molecule has 0 spiro atoms. The molecule has 146 valence electrons. The Kier molecular flexibility index (Phi) is 5.20. The highest BCUT2D eigenvalue weighted by atomic mass is 19.1. The highest BCUT2D eigenvalue weighted by Gasteiger charge is 2.09. The Labute approximate surface area is 166 Å². The number of aromatic nitrogens is 3. The number of nitrogens with one attached hydrogen (secondary N) is 2. The van der Waals surface area contributed by atoms with Crippen LogP contribution in [-0.4, -0.2) is 27.0 Å². The Morgan fingerprint density at radius 3 is 2.72 bits per heavy atom. The quantitative estimate of drug-likeness (QED) is 0.531. The van der Waals surface area contributed by atoms with Crippen LogP contribution in [0.25, 0.3) is 22.2 Å². The summed E-state index contributed by atoms with van der Waals surface area (Å²) >= 11 is 0. The number of halogens is 1. The Balaban J connectivity index is 1.35. The van der Waals surface area contributed by atoms with Crippen LogP contribution >= 0.6 is 0 Å². The fraction of sp³-hybridized carbons (Fsp3) is 0.136. The topological polar surface area (TPSA) is 79.8 Å². The zero-order valence-electron chi connectivity index (χ0n) is 15.6. The van der Waals surface area contributed by atoms with Crippen LogP contribution in [0.4, 0.5) is 4.39 Å². The number of amides is 1. The van der Waals surface area contributed by atoms with Crippen LogP contribution in [0.5, 0.6) is 0 Å². The molecule has 2 aromatic carbocycles. The lowest BCUT2D eigenvalue weighted by atomic mass is 10.1. The minimum absolute atomic E-state index is 0.112. The van der Waals surface area contributed by atoms with Gasteiger partial charge in [0.05, 0.1) is 18.4 Å². The van der Waals surface area contributed by atoms with Crippen molar-refractivity contribution in [3.05, 3.63) is 88.9 Å². The fourth-order valence-corrected chi connectivity index (χ4v) is 3.20. The highest BCUT2D eigenvalue weighted by Crippen LogP contribution is 2.18. The maximum Gasteiger partial charge on any atom is 0.253 e. The van der Waals surface area contributed by atoms with Gasteiger partial charge in [-0.2, -0.15) is 0 Å². The maximum absolute atomic E-state index is 13.0. The standard InChI is InChI=1S/C22H19FN4O2/c23-17-7-5-15(6-8-17)20-12-22(29)27(14-26-20)10-9-24-21(28)11-16-13-25-19-4-2-1-3-18(16)19/h1-8,12-14,25H,9-11H2,(H,24,28). The van der Waals surface area contributed by atoms with Crippen molar-refractivity contribution in [3.63, 3.8) is 0 Å². The molecule has 0 aliphatic rings. The largest absolute Gasteiger partial charge is 0.361 e. The third kappa shape index (κ3) is 4.24. The first-order valence-electron chi connectivity index (χ1n) is 9.24. The second-order valence-corrected chi connectivity index (χ2v) is 6.70. The zero-order chi connectivity index (χ0) is 20.2. The number of rotatable bonds is 6. The van der Waals surface area contributed by atoms with Crippen molar-refractivity contribution in [2.45, 2.75) is 13.0 Å². The van der Waals surface area contributed by atoms with E-state index in [1.165, 1.54) is 29.1 Å². The number of fused-ring (bicyclic) bond motifs is 1. The van der Waals surface area contributed by atoms with E-state index >= 15 is 0 Å². The minimum Gasteiger partial charge on any atom is -0.361 e. The molecule has 0 atom stereocenters. The normalized spacial score (nSPS) is 10.9. The molecule has 2 aromatic heterocycles. The Morgan fingerprint density at radius 2 is 1.93 bits per heavy atom. The van der Waals surface area contributed by atoms with E-state index in [1.54, 1.807) is 12.1 Å². The summed E-state index contributed by atoms with van der Waals surface area (Å²) in [6.07, 6.45) is 3.54. The summed E-state index contributed by atoms with van der Waals surface area (Å²) in [5.74, 6) is -0.454. The second-order valence-electron chi connectivity index (χ2n) is 6.70. The molecule has 0 saturated carbocycles. The molecule has 7 heteroatoms. The molecule has 6 nitrogen and oxygen atoms in total. The monoisotopic (exact) mass is 390 g/mol. The van der Waals surface area contributed by atoms with Crippen LogP contribution in [-0.2, 0) is 17.8 Å². The Bertz CT molecular complexity index is 1210. The molecule has 4 aromatic rings. The van der Waals surface area contributed by atoms with Crippen molar-refractivity contribution in [1.82, 2.24) is 19.9 Å². The predicted molar refractivity (Wildman–Crippen MR) is 109 cm³/mol. The van der Waals surface area contributed by atoms with Gasteiger partial charge in [-0.05, 0) is 35.9 Å². The number of hydrogen-bond donors (Lipinski definition) is 2. The molecule has 0 saturated heterocycles. The van der Waals surface area contributed by atoms with Gasteiger partial charge in [-0.1, -0.05) is 18.2 Å². The van der Waals surface area contributed by atoms with E-state index in [0.29, 0.717) is 24.3 Å². The lowest BCUT2D eigenvalue weighted by molar-refractivity contribution is -0.120. The molecule has 1 amide bonds. The van der Waals surface area contributed by atoms with Crippen LogP contribution in [0.3, 0.4) is 0 Å². The molecule has 0 bridgehead atoms. The van der Waals surface area contributed by atoms with E-state index in [9.17, 15) is 14.0 Å². The van der Waals surface area contributed by atoms with Gasteiger partial charge in [0.1, 0.15) is 5.82 Å². The lowest BCUT2D eigenvalue weighted by Gasteiger charge is -2.08. The number of carbonyl (C=O) groups excluding carboxylic acids is 1. The van der Waals surface area contributed by atoms with E-state index in [2.05, 4.69) is 15.3 Å². The zero-order valence-corrected chi connectivity index (χ0v) is 15.6. The van der Waals surface area contributed by atoms with E-state index in [-0.39, 0.29) is 23.7 Å². The van der Waals surface area contributed by atoms with Gasteiger partial charge >= 0.3 is 0 Å². The molecule has 0 radical (unpaired) electrons. The maximum atomic E-state index is 13.0. The summed E-state index contributed by atoms with van der Waals surface area (Å²) in [5, 5.41) is 3.86. The molecular formula is C22H19FN4O2. The first kappa shape index (κ1) is 18.6. The van der Waals surface area contributed by atoms with Crippen molar-refractivity contribution < 1.29 is 9.18 Å². The van der Waals surface area contributed by atoms with Crippen LogP contribution in [0.1, 0.15) is 5.56 Å². The van der Waals surface area contributed by atoms with E-state index in [4.69, 9.17) is 0 Å². The van der Waals surface area contributed by atoms with Gasteiger partial charge in [-0.3, -0.25) is 14.2 Å². The van der Waals surface area contributed by atoms with E-state index in [0.717, 1.165) is 16.5 Å². The van der Waals surface area contributed by atoms with Gasteiger partial charge in [-0.15, -0.1) is 0 Å². The average Bonchev–Trinajstić information content (AvgIpc) is 3.13. The number of nitrogens with zero attached hydrogens (tertiary/aromatic N) is 2. The Morgan fingerprint density at radius 1 is 1.14 bits per heavy atom. The molecule has 0 aliphatic carbocycles. The average molecular weight is 390 g/mol. The molecule has 2 N–H and O–H groups in total. The number of hydrogen-bond acceptors (Lipinski definition) is 3. The third-order valence-corrected chi connectivity index (χ3v) is 4.72. The first-order chi connectivity index (χ1) is 14.1. The summed E-state index contributed by atoms with van der Waals surface area (Å²) < 4.78 is 14.5. The number of carbonyl (C=O) groups is 1. The Hall–Kier alpha value is -3.74. The lowest BCUT2D eigenvalue weighted by Crippen LogP contribution is -2.31. The highest BCUT2D eigenvalue weighted by molar-refractivity contribution is 5.88. The molecule has 4 rings (SSSR count). The SMILES string of the molecule is O=C(Cc1c[nH]c2ccccc12)NCCn1cnc(-c2ccc(F)cc2)cc1=O. The summed E-state index contributed by atoms with van der Waals surface area (Å²) in [6, 6.07) is 15.0.